The number of hydrogen-bond donors (Lipinski definition) is 1. The van der Waals surface area contributed by atoms with E-state index in [9.17, 15) is 9.59 Å². The Balaban J connectivity index is 2.67. The lowest BCUT2D eigenvalue weighted by Gasteiger charge is -2.37. The fraction of sp³-hybridized carbons (Fsp3) is 0.846. The topological polar surface area (TPSA) is 60.9 Å². The number of carboxylic acid groups (broad SMARTS) is 1. The van der Waals surface area contributed by atoms with E-state index in [1.54, 1.807) is 4.90 Å². The van der Waals surface area contributed by atoms with E-state index in [-0.39, 0.29) is 12.1 Å². The minimum Gasteiger partial charge on any atom is -0.481 e. The van der Waals surface area contributed by atoms with Gasteiger partial charge in [0.05, 0.1) is 5.92 Å². The Labute approximate surface area is 109 Å². The highest BCUT2D eigenvalue weighted by molar-refractivity contribution is 5.77. The van der Waals surface area contributed by atoms with Crippen LogP contribution < -0.4 is 0 Å². The molecule has 1 N–H and O–H groups in total. The first-order valence-electron chi connectivity index (χ1n) is 6.79. The van der Waals surface area contributed by atoms with Crippen molar-refractivity contribution in [2.75, 3.05) is 19.6 Å². The van der Waals surface area contributed by atoms with E-state index in [4.69, 9.17) is 5.11 Å². The highest BCUT2D eigenvalue weighted by Gasteiger charge is 2.31. The van der Waals surface area contributed by atoms with Gasteiger partial charge < -0.3 is 14.9 Å². The number of aliphatic carboxylic acids is 1. The van der Waals surface area contributed by atoms with Crippen LogP contribution in [0.4, 0.5) is 4.79 Å². The maximum absolute atomic E-state index is 12.4. The number of likely N-dealkylation sites (tertiary alicyclic amines) is 1. The number of piperidine rings is 1. The molecule has 0 radical (unpaired) electrons. The molecule has 2 amide bonds. The number of carboxylic acids is 1. The van der Waals surface area contributed by atoms with Gasteiger partial charge in [-0.15, -0.1) is 0 Å². The standard InChI is InChI=1S/C13H24N2O3/c1-4-10(3)15(5-2)13(18)14-8-6-7-11(9-14)12(16)17/h10-11H,4-9H2,1-3H3,(H,16,17)/t10?,11-/m1/s1. The molecule has 18 heavy (non-hydrogen) atoms. The molecule has 1 rings (SSSR count). The lowest BCUT2D eigenvalue weighted by Crippen LogP contribution is -2.51. The second-order valence-corrected chi connectivity index (χ2v) is 4.95. The molecule has 1 aliphatic rings. The van der Waals surface area contributed by atoms with Crippen LogP contribution in [0.15, 0.2) is 0 Å². The predicted octanol–water partition coefficient (Wildman–Crippen LogP) is 2.02. The number of carbonyl (C=O) groups is 2. The van der Waals surface area contributed by atoms with Crippen LogP contribution in [-0.2, 0) is 4.79 Å². The first-order chi connectivity index (χ1) is 8.51. The van der Waals surface area contributed by atoms with Gasteiger partial charge >= 0.3 is 12.0 Å². The zero-order valence-corrected chi connectivity index (χ0v) is 11.6. The Hall–Kier alpha value is -1.26. The highest BCUT2D eigenvalue weighted by Crippen LogP contribution is 2.19. The van der Waals surface area contributed by atoms with Crippen LogP contribution in [0.3, 0.4) is 0 Å². The van der Waals surface area contributed by atoms with Crippen molar-refractivity contribution in [3.63, 3.8) is 0 Å². The minimum atomic E-state index is -0.793. The average molecular weight is 256 g/mol. The summed E-state index contributed by atoms with van der Waals surface area (Å²) in [7, 11) is 0. The first-order valence-corrected chi connectivity index (χ1v) is 6.79. The van der Waals surface area contributed by atoms with Crippen molar-refractivity contribution in [3.05, 3.63) is 0 Å². The summed E-state index contributed by atoms with van der Waals surface area (Å²) in [6.45, 7) is 7.73. The van der Waals surface area contributed by atoms with Crippen molar-refractivity contribution < 1.29 is 14.7 Å². The number of urea groups is 1. The van der Waals surface area contributed by atoms with Crippen LogP contribution in [0.1, 0.15) is 40.0 Å². The summed E-state index contributed by atoms with van der Waals surface area (Å²) < 4.78 is 0. The van der Waals surface area contributed by atoms with Gasteiger partial charge in [-0.1, -0.05) is 6.92 Å². The van der Waals surface area contributed by atoms with Crippen LogP contribution in [0.5, 0.6) is 0 Å². The second-order valence-electron chi connectivity index (χ2n) is 4.95. The number of amides is 2. The largest absolute Gasteiger partial charge is 0.481 e. The summed E-state index contributed by atoms with van der Waals surface area (Å²) in [6.07, 6.45) is 2.37. The maximum atomic E-state index is 12.4. The van der Waals surface area contributed by atoms with Gasteiger partial charge in [0.25, 0.3) is 0 Å². The van der Waals surface area contributed by atoms with Crippen LogP contribution in [0.2, 0.25) is 0 Å². The SMILES string of the molecule is CCC(C)N(CC)C(=O)N1CCC[C@@H](C(=O)O)C1. The monoisotopic (exact) mass is 256 g/mol. The number of carbonyl (C=O) groups excluding carboxylic acids is 1. The van der Waals surface area contributed by atoms with Gasteiger partial charge in [-0.2, -0.15) is 0 Å². The summed E-state index contributed by atoms with van der Waals surface area (Å²) in [6, 6.07) is 0.186. The molecular weight excluding hydrogens is 232 g/mol. The lowest BCUT2D eigenvalue weighted by atomic mass is 9.98. The molecule has 0 aromatic carbocycles. The zero-order chi connectivity index (χ0) is 13.7. The average Bonchev–Trinajstić information content (AvgIpc) is 2.39. The molecule has 0 aromatic rings. The fourth-order valence-electron chi connectivity index (χ4n) is 2.39. The third kappa shape index (κ3) is 3.37. The highest BCUT2D eigenvalue weighted by atomic mass is 16.4. The summed E-state index contributed by atoms with van der Waals surface area (Å²) in [5, 5.41) is 9.04. The molecule has 0 aliphatic carbocycles. The molecule has 0 spiro atoms. The van der Waals surface area contributed by atoms with Gasteiger partial charge in [-0.25, -0.2) is 4.79 Å². The Morgan fingerprint density at radius 2 is 2.11 bits per heavy atom. The van der Waals surface area contributed by atoms with Crippen LogP contribution in [0.25, 0.3) is 0 Å². The molecule has 1 fully saturated rings. The Morgan fingerprint density at radius 3 is 2.61 bits per heavy atom. The Bertz CT molecular complexity index is 307. The predicted molar refractivity (Wildman–Crippen MR) is 69.5 cm³/mol. The van der Waals surface area contributed by atoms with Crippen molar-refractivity contribution in [2.45, 2.75) is 46.1 Å². The van der Waals surface area contributed by atoms with E-state index in [1.165, 1.54) is 0 Å². The second kappa shape index (κ2) is 6.61. The first kappa shape index (κ1) is 14.8. The van der Waals surface area contributed by atoms with E-state index in [2.05, 4.69) is 6.92 Å². The van der Waals surface area contributed by atoms with Gasteiger partial charge in [-0.3, -0.25) is 4.79 Å². The van der Waals surface area contributed by atoms with Crippen LogP contribution in [-0.4, -0.2) is 52.6 Å². The molecule has 1 unspecified atom stereocenters. The molecule has 0 bridgehead atoms. The summed E-state index contributed by atoms with van der Waals surface area (Å²) in [5.74, 6) is -1.20. The quantitative estimate of drug-likeness (QED) is 0.837. The van der Waals surface area contributed by atoms with Gasteiger partial charge in [0, 0.05) is 25.7 Å². The molecule has 1 aliphatic heterocycles. The van der Waals surface area contributed by atoms with E-state index in [0.717, 1.165) is 12.8 Å². The molecule has 1 saturated heterocycles. The molecule has 1 heterocycles. The summed E-state index contributed by atoms with van der Waals surface area (Å²) >= 11 is 0. The van der Waals surface area contributed by atoms with Crippen LogP contribution >= 0.6 is 0 Å². The third-order valence-corrected chi connectivity index (χ3v) is 3.75. The number of hydrogen-bond acceptors (Lipinski definition) is 2. The van der Waals surface area contributed by atoms with Gasteiger partial charge in [0.15, 0.2) is 0 Å². The summed E-state index contributed by atoms with van der Waals surface area (Å²) in [4.78, 5) is 26.9. The lowest BCUT2D eigenvalue weighted by molar-refractivity contribution is -0.143. The smallest absolute Gasteiger partial charge is 0.320 e. The molecule has 5 nitrogen and oxygen atoms in total. The number of rotatable bonds is 4. The van der Waals surface area contributed by atoms with Crippen molar-refractivity contribution in [1.82, 2.24) is 9.80 Å². The van der Waals surface area contributed by atoms with E-state index >= 15 is 0 Å². The Kier molecular flexibility index (Phi) is 5.44. The molecule has 5 heteroatoms. The maximum Gasteiger partial charge on any atom is 0.320 e. The van der Waals surface area contributed by atoms with Gasteiger partial charge in [-0.05, 0) is 33.1 Å². The van der Waals surface area contributed by atoms with Crippen molar-refractivity contribution >= 4 is 12.0 Å². The minimum absolute atomic E-state index is 0.0159. The van der Waals surface area contributed by atoms with Crippen LogP contribution in [0, 0.1) is 5.92 Å². The zero-order valence-electron chi connectivity index (χ0n) is 11.6. The normalized spacial score (nSPS) is 21.5. The molecule has 0 saturated carbocycles. The molecular formula is C13H24N2O3. The molecule has 104 valence electrons. The van der Waals surface area contributed by atoms with Crippen molar-refractivity contribution in [1.29, 1.82) is 0 Å². The molecule has 2 atom stereocenters. The summed E-state index contributed by atoms with van der Waals surface area (Å²) in [5.41, 5.74) is 0. The van der Waals surface area contributed by atoms with Crippen molar-refractivity contribution in [2.24, 2.45) is 5.92 Å². The van der Waals surface area contributed by atoms with Crippen molar-refractivity contribution in [3.8, 4) is 0 Å². The van der Waals surface area contributed by atoms with E-state index in [1.807, 2.05) is 18.7 Å². The number of nitrogens with zero attached hydrogens (tertiary/aromatic N) is 2. The van der Waals surface area contributed by atoms with E-state index in [0.29, 0.717) is 26.1 Å². The third-order valence-electron chi connectivity index (χ3n) is 3.75. The Morgan fingerprint density at radius 1 is 1.44 bits per heavy atom. The molecule has 0 aromatic heterocycles. The fourth-order valence-corrected chi connectivity index (χ4v) is 2.39. The van der Waals surface area contributed by atoms with E-state index < -0.39 is 11.9 Å². The van der Waals surface area contributed by atoms with Gasteiger partial charge in [0.2, 0.25) is 0 Å². The van der Waals surface area contributed by atoms with Gasteiger partial charge in [0.1, 0.15) is 0 Å².